The van der Waals surface area contributed by atoms with Crippen LogP contribution in [0.15, 0.2) is 107 Å². The van der Waals surface area contributed by atoms with Crippen LogP contribution in [0, 0.1) is 10.5 Å². The van der Waals surface area contributed by atoms with Gasteiger partial charge in [-0.05, 0) is 77.4 Å². The first-order valence-electron chi connectivity index (χ1n) is 12.3. The molecule has 0 saturated carbocycles. The number of amides is 1. The summed E-state index contributed by atoms with van der Waals surface area (Å²) in [4.78, 5) is 13.3. The van der Waals surface area contributed by atoms with Crippen molar-refractivity contribution in [3.63, 3.8) is 0 Å². The van der Waals surface area contributed by atoms with E-state index >= 15 is 0 Å². The molecule has 1 amide bonds. The molecule has 0 unspecified atom stereocenters. The standard InChI is InChI=1S/C30H27IN2O6S/c1-3-38-27-19-22(18-26(31)28(27)39-40(36,37)25-16-14-21(2)15-17-25)20-32-33-29(34)30(35,23-10-6-4-7-11-23)24-12-8-5-9-13-24/h4-20,35H,3H2,1-2H3,(H,33,34)/b32-20-. The lowest BCUT2D eigenvalue weighted by atomic mass is 9.85. The molecule has 4 aromatic rings. The molecule has 0 spiro atoms. The predicted molar refractivity (Wildman–Crippen MR) is 161 cm³/mol. The molecule has 0 heterocycles. The minimum absolute atomic E-state index is 0.0222. The minimum Gasteiger partial charge on any atom is -0.490 e. The van der Waals surface area contributed by atoms with E-state index in [0.29, 0.717) is 20.3 Å². The van der Waals surface area contributed by atoms with E-state index in [0.717, 1.165) is 5.56 Å². The first-order chi connectivity index (χ1) is 19.1. The fraction of sp³-hybridized carbons (Fsp3) is 0.133. The van der Waals surface area contributed by atoms with Gasteiger partial charge < -0.3 is 14.0 Å². The van der Waals surface area contributed by atoms with E-state index in [1.807, 2.05) is 29.5 Å². The maximum atomic E-state index is 13.3. The normalized spacial score (nSPS) is 11.8. The molecule has 10 heteroatoms. The summed E-state index contributed by atoms with van der Waals surface area (Å²) >= 11 is 1.95. The van der Waals surface area contributed by atoms with Gasteiger partial charge in [-0.25, -0.2) is 5.43 Å². The molecule has 206 valence electrons. The number of aryl methyl sites for hydroxylation is 1. The van der Waals surface area contributed by atoms with E-state index in [1.165, 1.54) is 18.3 Å². The van der Waals surface area contributed by atoms with Crippen molar-refractivity contribution in [3.8, 4) is 11.5 Å². The minimum atomic E-state index is -4.11. The van der Waals surface area contributed by atoms with Crippen molar-refractivity contribution in [1.82, 2.24) is 5.43 Å². The molecule has 4 rings (SSSR count). The SMILES string of the molecule is CCOc1cc(/C=N\NC(=O)C(O)(c2ccccc2)c2ccccc2)cc(I)c1OS(=O)(=O)c1ccc(C)cc1. The lowest BCUT2D eigenvalue weighted by Crippen LogP contribution is -2.43. The first-order valence-corrected chi connectivity index (χ1v) is 14.8. The zero-order chi connectivity index (χ0) is 28.8. The van der Waals surface area contributed by atoms with Crippen LogP contribution in [-0.2, 0) is 20.5 Å². The number of halogens is 1. The van der Waals surface area contributed by atoms with Crippen molar-refractivity contribution in [1.29, 1.82) is 0 Å². The average molecular weight is 671 g/mol. The number of benzene rings is 4. The third kappa shape index (κ3) is 6.52. The molecule has 0 aliphatic heterocycles. The number of carbonyl (C=O) groups is 1. The van der Waals surface area contributed by atoms with Gasteiger partial charge in [-0.1, -0.05) is 78.4 Å². The number of hydrogen-bond donors (Lipinski definition) is 2. The van der Waals surface area contributed by atoms with Crippen molar-refractivity contribution in [2.75, 3.05) is 6.61 Å². The number of rotatable bonds is 10. The van der Waals surface area contributed by atoms with Crippen LogP contribution < -0.4 is 14.3 Å². The zero-order valence-electron chi connectivity index (χ0n) is 21.7. The summed E-state index contributed by atoms with van der Waals surface area (Å²) in [6.45, 7) is 3.88. The van der Waals surface area contributed by atoms with Gasteiger partial charge in [-0.2, -0.15) is 13.5 Å². The molecule has 0 atom stereocenters. The summed E-state index contributed by atoms with van der Waals surface area (Å²) in [5.74, 6) is -0.500. The van der Waals surface area contributed by atoms with Crippen molar-refractivity contribution in [3.05, 3.63) is 123 Å². The number of nitrogens with zero attached hydrogens (tertiary/aromatic N) is 1. The molecule has 0 bridgehead atoms. The van der Waals surface area contributed by atoms with Crippen molar-refractivity contribution in [2.24, 2.45) is 5.10 Å². The molecule has 0 fully saturated rings. The summed E-state index contributed by atoms with van der Waals surface area (Å²) in [6, 6.07) is 26.7. The number of nitrogens with one attached hydrogen (secondary N) is 1. The highest BCUT2D eigenvalue weighted by atomic mass is 127. The highest BCUT2D eigenvalue weighted by Gasteiger charge is 2.39. The van der Waals surface area contributed by atoms with Gasteiger partial charge in [0.15, 0.2) is 17.1 Å². The average Bonchev–Trinajstić information content (AvgIpc) is 2.95. The maximum absolute atomic E-state index is 13.3. The summed E-state index contributed by atoms with van der Waals surface area (Å²) in [5, 5.41) is 15.6. The topological polar surface area (TPSA) is 114 Å². The van der Waals surface area contributed by atoms with Crippen LogP contribution in [0.3, 0.4) is 0 Å². The molecule has 8 nitrogen and oxygen atoms in total. The second-order valence-electron chi connectivity index (χ2n) is 8.76. The molecule has 0 radical (unpaired) electrons. The lowest BCUT2D eigenvalue weighted by Gasteiger charge is -2.27. The highest BCUT2D eigenvalue weighted by Crippen LogP contribution is 2.36. The summed E-state index contributed by atoms with van der Waals surface area (Å²) in [5.41, 5.74) is 2.66. The van der Waals surface area contributed by atoms with Crippen molar-refractivity contribution in [2.45, 2.75) is 24.3 Å². The molecule has 0 aliphatic carbocycles. The Hall–Kier alpha value is -3.74. The maximum Gasteiger partial charge on any atom is 0.339 e. The third-order valence-corrected chi connectivity index (χ3v) is 7.96. The second kappa shape index (κ2) is 12.6. The molecule has 2 N–H and O–H groups in total. The number of hydrazone groups is 1. The summed E-state index contributed by atoms with van der Waals surface area (Å²) in [7, 11) is -4.11. The lowest BCUT2D eigenvalue weighted by molar-refractivity contribution is -0.136. The molecule has 0 saturated heterocycles. The summed E-state index contributed by atoms with van der Waals surface area (Å²) < 4.78 is 37.4. The number of hydrogen-bond acceptors (Lipinski definition) is 7. The van der Waals surface area contributed by atoms with Crippen molar-refractivity contribution < 1.29 is 27.2 Å². The number of ether oxygens (including phenoxy) is 1. The van der Waals surface area contributed by atoms with E-state index in [2.05, 4.69) is 10.5 Å². The fourth-order valence-corrected chi connectivity index (χ4v) is 5.74. The number of aliphatic hydroxyl groups is 1. The molecule has 0 aliphatic rings. The van der Waals surface area contributed by atoms with Crippen molar-refractivity contribution >= 4 is 44.8 Å². The van der Waals surface area contributed by atoms with Gasteiger partial charge in [0.1, 0.15) is 4.90 Å². The molecular formula is C30H27IN2O6S. The van der Waals surface area contributed by atoms with Gasteiger partial charge in [0.2, 0.25) is 0 Å². The van der Waals surface area contributed by atoms with Gasteiger partial charge in [0.05, 0.1) is 16.4 Å². The van der Waals surface area contributed by atoms with Crippen LogP contribution in [0.2, 0.25) is 0 Å². The van der Waals surface area contributed by atoms with Crippen LogP contribution in [0.5, 0.6) is 11.5 Å². The van der Waals surface area contributed by atoms with Crippen LogP contribution in [0.25, 0.3) is 0 Å². The van der Waals surface area contributed by atoms with Gasteiger partial charge in [-0.15, -0.1) is 0 Å². The highest BCUT2D eigenvalue weighted by molar-refractivity contribution is 14.1. The smallest absolute Gasteiger partial charge is 0.339 e. The van der Waals surface area contributed by atoms with E-state index < -0.39 is 21.6 Å². The Labute approximate surface area is 246 Å². The van der Waals surface area contributed by atoms with E-state index in [1.54, 1.807) is 91.9 Å². The molecule has 4 aromatic carbocycles. The Morgan fingerprint density at radius 1 is 0.975 bits per heavy atom. The van der Waals surface area contributed by atoms with Crippen LogP contribution in [0.1, 0.15) is 29.2 Å². The second-order valence-corrected chi connectivity index (χ2v) is 11.5. The monoisotopic (exact) mass is 670 g/mol. The Morgan fingerprint density at radius 2 is 1.55 bits per heavy atom. The van der Waals surface area contributed by atoms with Gasteiger partial charge in [0, 0.05) is 0 Å². The quantitative estimate of drug-likeness (QED) is 0.104. The van der Waals surface area contributed by atoms with Gasteiger partial charge in [0.25, 0.3) is 5.91 Å². The van der Waals surface area contributed by atoms with Gasteiger partial charge in [-0.3, -0.25) is 4.79 Å². The van der Waals surface area contributed by atoms with E-state index in [-0.39, 0.29) is 23.0 Å². The fourth-order valence-electron chi connectivity index (χ4n) is 3.90. The third-order valence-electron chi connectivity index (χ3n) is 5.93. The van der Waals surface area contributed by atoms with Gasteiger partial charge >= 0.3 is 10.1 Å². The Kier molecular flexibility index (Phi) is 9.23. The zero-order valence-corrected chi connectivity index (χ0v) is 24.7. The molecule has 40 heavy (non-hydrogen) atoms. The molecule has 0 aromatic heterocycles. The first kappa shape index (κ1) is 29.2. The Balaban J connectivity index is 1.59. The van der Waals surface area contributed by atoms with Crippen LogP contribution in [0.4, 0.5) is 0 Å². The van der Waals surface area contributed by atoms with E-state index in [4.69, 9.17) is 8.92 Å². The Morgan fingerprint density at radius 3 is 2.10 bits per heavy atom. The number of carbonyl (C=O) groups excluding carboxylic acids is 1. The van der Waals surface area contributed by atoms with Crippen LogP contribution >= 0.6 is 22.6 Å². The predicted octanol–water partition coefficient (Wildman–Crippen LogP) is 5.15. The molecular weight excluding hydrogens is 643 g/mol. The van der Waals surface area contributed by atoms with Crippen LogP contribution in [-0.4, -0.2) is 32.3 Å². The Bertz CT molecular complexity index is 1570. The summed E-state index contributed by atoms with van der Waals surface area (Å²) in [6.07, 6.45) is 1.37. The van der Waals surface area contributed by atoms with E-state index in [9.17, 15) is 18.3 Å². The largest absolute Gasteiger partial charge is 0.490 e.